The number of ether oxygens (including phenoxy) is 2. The van der Waals surface area contributed by atoms with Gasteiger partial charge in [0.05, 0.1) is 13.7 Å². The van der Waals surface area contributed by atoms with E-state index in [1.165, 1.54) is 7.11 Å². The zero-order valence-corrected chi connectivity index (χ0v) is 9.36. The molecule has 1 rings (SSSR count). The van der Waals surface area contributed by atoms with Crippen LogP contribution in [0.3, 0.4) is 0 Å². The molecule has 4 heteroatoms. The maximum atomic E-state index is 11.4. The Morgan fingerprint density at radius 2 is 1.94 bits per heavy atom. The normalized spacial score (nSPS) is 9.62. The fraction of sp³-hybridized carbons (Fsp3) is 0.333. The van der Waals surface area contributed by atoms with Gasteiger partial charge in [-0.2, -0.15) is 0 Å². The topological polar surface area (TPSA) is 52.6 Å². The first-order valence-electron chi connectivity index (χ1n) is 5.00. The molecule has 0 aliphatic carbocycles. The van der Waals surface area contributed by atoms with Gasteiger partial charge in [0.2, 0.25) is 5.78 Å². The predicted molar refractivity (Wildman–Crippen MR) is 58.3 cm³/mol. The highest BCUT2D eigenvalue weighted by atomic mass is 16.5. The second-order valence-corrected chi connectivity index (χ2v) is 3.13. The van der Waals surface area contributed by atoms with Crippen LogP contribution < -0.4 is 4.74 Å². The van der Waals surface area contributed by atoms with E-state index in [9.17, 15) is 9.59 Å². The number of rotatable bonds is 5. The van der Waals surface area contributed by atoms with E-state index in [0.717, 1.165) is 0 Å². The molecule has 0 radical (unpaired) electrons. The van der Waals surface area contributed by atoms with Crippen molar-refractivity contribution in [3.05, 3.63) is 29.8 Å². The number of Topliss-reactive ketones (excluding diaryl/α,β-unsaturated/α-hetero) is 1. The first-order chi connectivity index (χ1) is 7.69. The quantitative estimate of drug-likeness (QED) is 0.557. The summed E-state index contributed by atoms with van der Waals surface area (Å²) in [4.78, 5) is 22.6. The molecular weight excluding hydrogens is 208 g/mol. The Balaban J connectivity index is 2.73. The Labute approximate surface area is 94.2 Å². The average molecular weight is 222 g/mol. The van der Waals surface area contributed by atoms with Gasteiger partial charge in [-0.25, -0.2) is 4.79 Å². The third kappa shape index (κ3) is 3.08. The van der Waals surface area contributed by atoms with E-state index in [2.05, 4.69) is 4.74 Å². The molecule has 86 valence electrons. The minimum atomic E-state index is -0.798. The molecule has 0 saturated carbocycles. The minimum Gasteiger partial charge on any atom is -0.496 e. The van der Waals surface area contributed by atoms with Crippen molar-refractivity contribution >= 4 is 11.8 Å². The van der Waals surface area contributed by atoms with Crippen LogP contribution in [0.5, 0.6) is 5.75 Å². The number of hydrogen-bond acceptors (Lipinski definition) is 4. The van der Waals surface area contributed by atoms with Crippen LogP contribution in [-0.4, -0.2) is 25.5 Å². The summed E-state index contributed by atoms with van der Waals surface area (Å²) in [5.41, 5.74) is 0.683. The summed E-state index contributed by atoms with van der Waals surface area (Å²) in [5.74, 6) is -0.764. The molecule has 0 aliphatic rings. The number of hydrogen-bond donors (Lipinski definition) is 0. The molecule has 4 nitrogen and oxygen atoms in total. The fourth-order valence-corrected chi connectivity index (χ4v) is 1.31. The molecule has 16 heavy (non-hydrogen) atoms. The molecule has 0 saturated heterocycles. The number of esters is 1. The van der Waals surface area contributed by atoms with E-state index in [-0.39, 0.29) is 13.0 Å². The van der Waals surface area contributed by atoms with Gasteiger partial charge in [-0.3, -0.25) is 4.79 Å². The third-order valence-corrected chi connectivity index (χ3v) is 2.05. The van der Waals surface area contributed by atoms with Gasteiger partial charge in [0.15, 0.2) is 0 Å². The first-order valence-corrected chi connectivity index (χ1v) is 5.00. The van der Waals surface area contributed by atoms with Gasteiger partial charge in [-0.15, -0.1) is 0 Å². The molecule has 0 spiro atoms. The zero-order chi connectivity index (χ0) is 12.0. The van der Waals surface area contributed by atoms with E-state index in [0.29, 0.717) is 11.3 Å². The highest BCUT2D eigenvalue weighted by molar-refractivity contribution is 6.34. The monoisotopic (exact) mass is 222 g/mol. The van der Waals surface area contributed by atoms with Crippen LogP contribution in [0.25, 0.3) is 0 Å². The fourth-order valence-electron chi connectivity index (χ4n) is 1.31. The maximum Gasteiger partial charge on any atom is 0.374 e. The van der Waals surface area contributed by atoms with Crippen LogP contribution in [0, 0.1) is 0 Å². The van der Waals surface area contributed by atoms with Crippen LogP contribution in [0.15, 0.2) is 24.3 Å². The van der Waals surface area contributed by atoms with Gasteiger partial charge in [-0.05, 0) is 13.0 Å². The van der Waals surface area contributed by atoms with Crippen molar-refractivity contribution in [3.8, 4) is 5.75 Å². The highest BCUT2D eigenvalue weighted by Crippen LogP contribution is 2.17. The molecule has 0 aromatic heterocycles. The lowest BCUT2D eigenvalue weighted by Crippen LogP contribution is -2.19. The number of carbonyl (C=O) groups is 2. The lowest BCUT2D eigenvalue weighted by atomic mass is 10.1. The number of para-hydroxylation sites is 1. The second kappa shape index (κ2) is 5.90. The van der Waals surface area contributed by atoms with E-state index >= 15 is 0 Å². The van der Waals surface area contributed by atoms with Gasteiger partial charge < -0.3 is 9.47 Å². The molecule has 0 fully saturated rings. The van der Waals surface area contributed by atoms with E-state index in [4.69, 9.17) is 4.74 Å². The lowest BCUT2D eigenvalue weighted by Gasteiger charge is -2.06. The van der Waals surface area contributed by atoms with Crippen molar-refractivity contribution in [2.45, 2.75) is 13.3 Å². The SMILES string of the molecule is CCOC(=O)C(=O)Cc1ccccc1OC. The Morgan fingerprint density at radius 1 is 1.25 bits per heavy atom. The molecule has 0 bridgehead atoms. The van der Waals surface area contributed by atoms with Crippen molar-refractivity contribution in [3.63, 3.8) is 0 Å². The van der Waals surface area contributed by atoms with Crippen LogP contribution in [-0.2, 0) is 20.7 Å². The number of benzene rings is 1. The average Bonchev–Trinajstić information content (AvgIpc) is 2.30. The Bertz CT molecular complexity index is 384. The maximum absolute atomic E-state index is 11.4. The van der Waals surface area contributed by atoms with Gasteiger partial charge in [0.1, 0.15) is 5.75 Å². The van der Waals surface area contributed by atoms with Crippen LogP contribution >= 0.6 is 0 Å². The van der Waals surface area contributed by atoms with Crippen LogP contribution in [0.4, 0.5) is 0 Å². The lowest BCUT2D eigenvalue weighted by molar-refractivity contribution is -0.153. The van der Waals surface area contributed by atoms with Crippen molar-refractivity contribution in [2.75, 3.05) is 13.7 Å². The summed E-state index contributed by atoms with van der Waals surface area (Å²) in [6, 6.07) is 7.08. The molecule has 0 aliphatic heterocycles. The third-order valence-electron chi connectivity index (χ3n) is 2.05. The summed E-state index contributed by atoms with van der Waals surface area (Å²) in [7, 11) is 1.52. The molecular formula is C12H14O4. The highest BCUT2D eigenvalue weighted by Gasteiger charge is 2.17. The van der Waals surface area contributed by atoms with Gasteiger partial charge in [0.25, 0.3) is 0 Å². The Hall–Kier alpha value is -1.84. The van der Waals surface area contributed by atoms with Gasteiger partial charge >= 0.3 is 5.97 Å². The molecule has 0 unspecified atom stereocenters. The number of carbonyl (C=O) groups excluding carboxylic acids is 2. The summed E-state index contributed by atoms with van der Waals surface area (Å²) < 4.78 is 9.70. The smallest absolute Gasteiger partial charge is 0.374 e. The minimum absolute atomic E-state index is 0.00282. The van der Waals surface area contributed by atoms with E-state index in [1.54, 1.807) is 31.2 Å². The summed E-state index contributed by atoms with van der Waals surface area (Å²) in [6.45, 7) is 1.87. The largest absolute Gasteiger partial charge is 0.496 e. The molecule has 0 N–H and O–H groups in total. The predicted octanol–water partition coefficient (Wildman–Crippen LogP) is 1.37. The summed E-state index contributed by atoms with van der Waals surface area (Å²) >= 11 is 0. The van der Waals surface area contributed by atoms with Crippen molar-refractivity contribution in [1.82, 2.24) is 0 Å². The van der Waals surface area contributed by atoms with E-state index in [1.807, 2.05) is 0 Å². The number of ketones is 1. The zero-order valence-electron chi connectivity index (χ0n) is 9.36. The van der Waals surface area contributed by atoms with Crippen LogP contribution in [0.2, 0.25) is 0 Å². The van der Waals surface area contributed by atoms with Gasteiger partial charge in [-0.1, -0.05) is 18.2 Å². The van der Waals surface area contributed by atoms with Crippen molar-refractivity contribution < 1.29 is 19.1 Å². The first kappa shape index (κ1) is 12.2. The molecule has 0 amide bonds. The molecule has 1 aromatic carbocycles. The van der Waals surface area contributed by atoms with Crippen molar-refractivity contribution in [2.24, 2.45) is 0 Å². The Morgan fingerprint density at radius 3 is 2.56 bits per heavy atom. The van der Waals surface area contributed by atoms with Crippen LogP contribution in [0.1, 0.15) is 12.5 Å². The number of methoxy groups -OCH3 is 1. The molecule has 0 atom stereocenters. The van der Waals surface area contributed by atoms with E-state index < -0.39 is 11.8 Å². The van der Waals surface area contributed by atoms with Crippen molar-refractivity contribution in [1.29, 1.82) is 0 Å². The standard InChI is InChI=1S/C12H14O4/c1-3-16-12(14)10(13)8-9-6-4-5-7-11(9)15-2/h4-7H,3,8H2,1-2H3. The Kier molecular flexibility index (Phi) is 4.51. The molecule has 0 heterocycles. The summed E-state index contributed by atoms with van der Waals surface area (Å²) in [6.07, 6.45) is 0.00282. The summed E-state index contributed by atoms with van der Waals surface area (Å²) in [5, 5.41) is 0. The van der Waals surface area contributed by atoms with Gasteiger partial charge in [0, 0.05) is 12.0 Å². The second-order valence-electron chi connectivity index (χ2n) is 3.13. The molecule has 1 aromatic rings.